The molecule has 0 amide bonds. The second-order valence-corrected chi connectivity index (χ2v) is 2.49. The fourth-order valence-corrected chi connectivity index (χ4v) is 0.855. The van der Waals surface area contributed by atoms with E-state index in [1.165, 1.54) is 0 Å². The third-order valence-corrected chi connectivity index (χ3v) is 1.55. The number of nitrogens with two attached hydrogens (primary N) is 4. The first kappa shape index (κ1) is 8.26. The summed E-state index contributed by atoms with van der Waals surface area (Å²) in [5.74, 6) is 0.578. The van der Waals surface area contributed by atoms with Crippen LogP contribution in [0.2, 0.25) is 0 Å². The summed E-state index contributed by atoms with van der Waals surface area (Å²) in [5.41, 5.74) is 12.3. The summed E-state index contributed by atoms with van der Waals surface area (Å²) in [6.45, 7) is 0. The van der Waals surface area contributed by atoms with E-state index in [4.69, 9.17) is 22.3 Å². The molecule has 0 saturated carbocycles. The van der Waals surface area contributed by atoms with Gasteiger partial charge < -0.3 is 0 Å². The van der Waals surface area contributed by atoms with Crippen molar-refractivity contribution in [2.24, 2.45) is 11.5 Å². The Morgan fingerprint density at radius 2 is 1.08 bits per heavy atom. The van der Waals surface area contributed by atoms with Crippen LogP contribution in [0.1, 0.15) is 11.1 Å². The minimum atomic E-state index is 0.289. The fourth-order valence-electron chi connectivity index (χ4n) is 0.855. The first-order chi connectivity index (χ1) is 5.61. The Balaban J connectivity index is 3.01. The SMILES string of the molecule is NC(=[NH2+])c1ccc(C(N)=[NH2+])cc1. The smallest absolute Gasteiger partial charge is 0.270 e. The van der Waals surface area contributed by atoms with Crippen LogP contribution in [0.4, 0.5) is 0 Å². The molecule has 0 heterocycles. The quantitative estimate of drug-likeness (QED) is 0.270. The van der Waals surface area contributed by atoms with Gasteiger partial charge in [-0.2, -0.15) is 0 Å². The van der Waals surface area contributed by atoms with Gasteiger partial charge in [-0.15, -0.1) is 0 Å². The highest BCUT2D eigenvalue weighted by Gasteiger charge is 2.03. The molecule has 0 aliphatic rings. The highest BCUT2D eigenvalue weighted by atomic mass is 14.7. The number of rotatable bonds is 2. The number of hydrogen-bond donors (Lipinski definition) is 4. The van der Waals surface area contributed by atoms with Crippen LogP contribution in [0.3, 0.4) is 0 Å². The summed E-state index contributed by atoms with van der Waals surface area (Å²) in [6, 6.07) is 7.07. The standard InChI is InChI=1S/C8H10N4/c9-7(10)5-1-2-6(4-3-5)8(11)12/h1-4H,(H3,9,10)(H3,11,12)/p+2. The molecule has 1 aromatic rings. The lowest BCUT2D eigenvalue weighted by atomic mass is 10.1. The van der Waals surface area contributed by atoms with Crippen molar-refractivity contribution in [3.8, 4) is 0 Å². The number of benzene rings is 1. The molecule has 8 N–H and O–H groups in total. The number of hydrogen-bond acceptors (Lipinski definition) is 0. The van der Waals surface area contributed by atoms with Gasteiger partial charge in [0, 0.05) is 0 Å². The topological polar surface area (TPSA) is 103 Å². The Hall–Kier alpha value is -1.84. The van der Waals surface area contributed by atoms with Gasteiger partial charge in [-0.25, -0.2) is 0 Å². The van der Waals surface area contributed by atoms with Crippen molar-refractivity contribution in [3.05, 3.63) is 35.4 Å². The van der Waals surface area contributed by atoms with Gasteiger partial charge in [-0.3, -0.25) is 22.3 Å². The monoisotopic (exact) mass is 164 g/mol. The first-order valence-corrected chi connectivity index (χ1v) is 3.48. The Bertz CT molecular complexity index is 279. The second-order valence-electron chi connectivity index (χ2n) is 2.49. The van der Waals surface area contributed by atoms with E-state index in [1.54, 1.807) is 24.3 Å². The molecular weight excluding hydrogens is 152 g/mol. The molecule has 4 heteroatoms. The summed E-state index contributed by atoms with van der Waals surface area (Å²) in [7, 11) is 0. The summed E-state index contributed by atoms with van der Waals surface area (Å²) >= 11 is 0. The zero-order chi connectivity index (χ0) is 9.14. The molecule has 4 nitrogen and oxygen atoms in total. The van der Waals surface area contributed by atoms with E-state index in [2.05, 4.69) is 0 Å². The summed E-state index contributed by atoms with van der Waals surface area (Å²) in [6.07, 6.45) is 0. The predicted octanol–water partition coefficient (Wildman–Crippen LogP) is -3.38. The van der Waals surface area contributed by atoms with Crippen LogP contribution in [-0.2, 0) is 0 Å². The van der Waals surface area contributed by atoms with Crippen LogP contribution in [0.5, 0.6) is 0 Å². The number of amidine groups is 2. The van der Waals surface area contributed by atoms with E-state index in [-0.39, 0.29) is 11.7 Å². The maximum Gasteiger partial charge on any atom is 0.270 e. The summed E-state index contributed by atoms with van der Waals surface area (Å²) in [5, 5.41) is 10.7. The Morgan fingerprint density at radius 3 is 1.25 bits per heavy atom. The van der Waals surface area contributed by atoms with Crippen molar-refractivity contribution >= 4 is 11.7 Å². The first-order valence-electron chi connectivity index (χ1n) is 3.48. The van der Waals surface area contributed by atoms with E-state index in [9.17, 15) is 0 Å². The molecule has 0 fully saturated rings. The minimum absolute atomic E-state index is 0.289. The van der Waals surface area contributed by atoms with Crippen LogP contribution in [0.15, 0.2) is 24.3 Å². The highest BCUT2D eigenvalue weighted by Crippen LogP contribution is 2.00. The van der Waals surface area contributed by atoms with Crippen molar-refractivity contribution in [3.63, 3.8) is 0 Å². The predicted molar refractivity (Wildman–Crippen MR) is 46.9 cm³/mol. The van der Waals surface area contributed by atoms with Gasteiger partial charge in [-0.05, 0) is 24.3 Å². The molecular formula is C8H12N4+2. The van der Waals surface area contributed by atoms with Crippen molar-refractivity contribution in [2.45, 2.75) is 0 Å². The van der Waals surface area contributed by atoms with Crippen molar-refractivity contribution in [1.29, 1.82) is 0 Å². The van der Waals surface area contributed by atoms with Crippen LogP contribution >= 0.6 is 0 Å². The molecule has 0 atom stereocenters. The minimum Gasteiger partial charge on any atom is -0.287 e. The Labute approximate surface area is 70.2 Å². The third kappa shape index (κ3) is 1.60. The fraction of sp³-hybridized carbons (Fsp3) is 0. The lowest BCUT2D eigenvalue weighted by Crippen LogP contribution is -2.47. The van der Waals surface area contributed by atoms with Gasteiger partial charge in [0.1, 0.15) is 0 Å². The van der Waals surface area contributed by atoms with Crippen LogP contribution in [0, 0.1) is 0 Å². The van der Waals surface area contributed by atoms with Crippen LogP contribution in [0.25, 0.3) is 0 Å². The molecule has 1 aromatic carbocycles. The van der Waals surface area contributed by atoms with Gasteiger partial charge in [0.15, 0.2) is 0 Å². The Kier molecular flexibility index (Phi) is 2.09. The van der Waals surface area contributed by atoms with E-state index in [1.807, 2.05) is 0 Å². The lowest BCUT2D eigenvalue weighted by molar-refractivity contribution is -0.115. The third-order valence-electron chi connectivity index (χ3n) is 1.55. The van der Waals surface area contributed by atoms with Gasteiger partial charge in [-0.1, -0.05) is 0 Å². The zero-order valence-corrected chi connectivity index (χ0v) is 6.62. The second kappa shape index (κ2) is 3.04. The largest absolute Gasteiger partial charge is 0.287 e. The molecule has 12 heavy (non-hydrogen) atoms. The molecule has 0 aliphatic heterocycles. The molecule has 0 spiro atoms. The summed E-state index contributed by atoms with van der Waals surface area (Å²) < 4.78 is 0. The molecule has 0 radical (unpaired) electrons. The summed E-state index contributed by atoms with van der Waals surface area (Å²) in [4.78, 5) is 0. The van der Waals surface area contributed by atoms with Gasteiger partial charge >= 0.3 is 0 Å². The van der Waals surface area contributed by atoms with E-state index in [0.717, 1.165) is 11.1 Å². The van der Waals surface area contributed by atoms with Crippen LogP contribution < -0.4 is 22.3 Å². The lowest BCUT2D eigenvalue weighted by Gasteiger charge is -1.94. The normalized spacial score (nSPS) is 9.33. The molecule has 0 saturated heterocycles. The van der Waals surface area contributed by atoms with Crippen molar-refractivity contribution in [1.82, 2.24) is 0 Å². The van der Waals surface area contributed by atoms with Crippen molar-refractivity contribution in [2.75, 3.05) is 0 Å². The zero-order valence-electron chi connectivity index (χ0n) is 6.62. The van der Waals surface area contributed by atoms with Crippen molar-refractivity contribution < 1.29 is 10.8 Å². The molecule has 0 unspecified atom stereocenters. The molecule has 1 rings (SSSR count). The molecule has 62 valence electrons. The molecule has 0 bridgehead atoms. The Morgan fingerprint density at radius 1 is 0.833 bits per heavy atom. The van der Waals surface area contributed by atoms with Gasteiger partial charge in [0.25, 0.3) is 11.7 Å². The van der Waals surface area contributed by atoms with Gasteiger partial charge in [0.2, 0.25) is 0 Å². The maximum atomic E-state index is 5.37. The average Bonchev–Trinajstić information content (AvgIpc) is 2.04. The van der Waals surface area contributed by atoms with Crippen LogP contribution in [-0.4, -0.2) is 11.7 Å². The van der Waals surface area contributed by atoms with E-state index in [0.29, 0.717) is 0 Å². The highest BCUT2D eigenvalue weighted by molar-refractivity contribution is 5.96. The van der Waals surface area contributed by atoms with E-state index < -0.39 is 0 Å². The molecule has 0 aromatic heterocycles. The van der Waals surface area contributed by atoms with Gasteiger partial charge in [0.05, 0.1) is 11.1 Å². The molecule has 0 aliphatic carbocycles. The van der Waals surface area contributed by atoms with E-state index >= 15 is 0 Å². The average molecular weight is 164 g/mol. The maximum absolute atomic E-state index is 5.37.